The van der Waals surface area contributed by atoms with E-state index in [1.54, 1.807) is 0 Å². The molecule has 2 aromatic rings. The van der Waals surface area contributed by atoms with Crippen LogP contribution < -0.4 is 0 Å². The molecule has 2 aromatic heterocycles. The summed E-state index contributed by atoms with van der Waals surface area (Å²) in [5.41, 5.74) is 4.11. The quantitative estimate of drug-likeness (QED) is 0.816. The van der Waals surface area contributed by atoms with Gasteiger partial charge >= 0.3 is 0 Å². The fourth-order valence-electron chi connectivity index (χ4n) is 2.87. The third-order valence-corrected chi connectivity index (χ3v) is 3.82. The van der Waals surface area contributed by atoms with Gasteiger partial charge < -0.3 is 0 Å². The maximum Gasteiger partial charge on any atom is 0.165 e. The highest BCUT2D eigenvalue weighted by Crippen LogP contribution is 2.22. The molecule has 1 aliphatic heterocycles. The number of hydrogen-bond acceptors (Lipinski definition) is 4. The van der Waals surface area contributed by atoms with Gasteiger partial charge in [0.15, 0.2) is 5.69 Å². The molecule has 0 atom stereocenters. The Bertz CT molecular complexity index is 660. The van der Waals surface area contributed by atoms with Crippen molar-refractivity contribution in [3.8, 4) is 6.07 Å². The molecular formula is C14H18N6. The van der Waals surface area contributed by atoms with Gasteiger partial charge in [0.25, 0.3) is 0 Å². The first-order valence-corrected chi connectivity index (χ1v) is 6.82. The number of hydrogen-bond donors (Lipinski definition) is 0. The van der Waals surface area contributed by atoms with Gasteiger partial charge in [-0.25, -0.2) is 0 Å². The molecule has 0 N–H and O–H groups in total. The lowest BCUT2D eigenvalue weighted by Crippen LogP contribution is -2.23. The van der Waals surface area contributed by atoms with Crippen molar-refractivity contribution in [3.05, 3.63) is 34.9 Å². The molecule has 0 bridgehead atoms. The summed E-state index contributed by atoms with van der Waals surface area (Å²) in [6, 6.07) is 2.21. The second-order valence-corrected chi connectivity index (χ2v) is 5.35. The zero-order valence-electron chi connectivity index (χ0n) is 11.9. The number of nitriles is 1. The molecule has 0 saturated carbocycles. The average molecular weight is 270 g/mol. The second kappa shape index (κ2) is 5.10. The molecule has 0 amide bonds. The largest absolute Gasteiger partial charge is 0.293 e. The predicted octanol–water partition coefficient (Wildman–Crippen LogP) is 0.974. The fourth-order valence-corrected chi connectivity index (χ4v) is 2.87. The third kappa shape index (κ3) is 2.32. The molecule has 1 aliphatic rings. The monoisotopic (exact) mass is 270 g/mol. The van der Waals surface area contributed by atoms with Crippen molar-refractivity contribution < 1.29 is 0 Å². The summed E-state index contributed by atoms with van der Waals surface area (Å²) >= 11 is 0. The number of fused-ring (bicyclic) bond motifs is 1. The summed E-state index contributed by atoms with van der Waals surface area (Å²) in [6.07, 6.45) is 5.97. The van der Waals surface area contributed by atoms with Gasteiger partial charge in [0, 0.05) is 44.5 Å². The Balaban J connectivity index is 1.83. The van der Waals surface area contributed by atoms with Crippen LogP contribution in [-0.4, -0.2) is 31.0 Å². The summed E-state index contributed by atoms with van der Waals surface area (Å²) in [7, 11) is 3.86. The third-order valence-electron chi connectivity index (χ3n) is 3.82. The highest BCUT2D eigenvalue weighted by Gasteiger charge is 2.22. The standard InChI is InChI=1S/C14H18N6/c1-18-8-11(7-16-18)9-20-5-3-4-12-13(6-15)17-19(2)14(12)10-20/h7-8H,3-5,9-10H2,1-2H3. The predicted molar refractivity (Wildman–Crippen MR) is 73.6 cm³/mol. The Labute approximate surface area is 118 Å². The second-order valence-electron chi connectivity index (χ2n) is 5.35. The number of nitrogens with zero attached hydrogens (tertiary/aromatic N) is 6. The van der Waals surface area contributed by atoms with Gasteiger partial charge in [0.05, 0.1) is 11.9 Å². The molecule has 0 unspecified atom stereocenters. The van der Waals surface area contributed by atoms with Crippen molar-refractivity contribution in [3.63, 3.8) is 0 Å². The molecule has 0 aliphatic carbocycles. The highest BCUT2D eigenvalue weighted by atomic mass is 15.3. The van der Waals surface area contributed by atoms with E-state index in [4.69, 9.17) is 5.26 Å². The van der Waals surface area contributed by atoms with E-state index in [0.717, 1.165) is 38.0 Å². The molecule has 3 rings (SSSR count). The van der Waals surface area contributed by atoms with E-state index in [1.807, 2.05) is 29.7 Å². The first-order valence-electron chi connectivity index (χ1n) is 6.82. The van der Waals surface area contributed by atoms with Crippen LogP contribution in [0.3, 0.4) is 0 Å². The maximum absolute atomic E-state index is 9.15. The molecule has 0 radical (unpaired) electrons. The lowest BCUT2D eigenvalue weighted by atomic mass is 10.1. The van der Waals surface area contributed by atoms with Crippen LogP contribution in [-0.2, 0) is 33.6 Å². The normalized spacial score (nSPS) is 15.7. The van der Waals surface area contributed by atoms with Gasteiger partial charge in [-0.3, -0.25) is 14.3 Å². The van der Waals surface area contributed by atoms with Crippen LogP contribution in [0.25, 0.3) is 0 Å². The van der Waals surface area contributed by atoms with E-state index in [1.165, 1.54) is 11.3 Å². The van der Waals surface area contributed by atoms with E-state index in [0.29, 0.717) is 5.69 Å². The SMILES string of the molecule is Cn1cc(CN2CCCc3c(C#N)nn(C)c3C2)cn1. The van der Waals surface area contributed by atoms with E-state index < -0.39 is 0 Å². The van der Waals surface area contributed by atoms with Crippen molar-refractivity contribution in [1.82, 2.24) is 24.5 Å². The molecular weight excluding hydrogens is 252 g/mol. The highest BCUT2D eigenvalue weighted by molar-refractivity contribution is 5.36. The summed E-state index contributed by atoms with van der Waals surface area (Å²) in [5.74, 6) is 0. The Hall–Kier alpha value is -2.13. The molecule has 6 nitrogen and oxygen atoms in total. The van der Waals surface area contributed by atoms with E-state index in [-0.39, 0.29) is 0 Å². The topological polar surface area (TPSA) is 62.7 Å². The summed E-state index contributed by atoms with van der Waals surface area (Å²) < 4.78 is 3.69. The minimum atomic E-state index is 0.589. The van der Waals surface area contributed by atoms with Crippen LogP contribution in [0.2, 0.25) is 0 Å². The van der Waals surface area contributed by atoms with Crippen LogP contribution in [0.15, 0.2) is 12.4 Å². The Morgan fingerprint density at radius 1 is 1.40 bits per heavy atom. The zero-order valence-corrected chi connectivity index (χ0v) is 11.9. The van der Waals surface area contributed by atoms with Crippen molar-refractivity contribution in [2.75, 3.05) is 6.54 Å². The summed E-state index contributed by atoms with van der Waals surface area (Å²) in [6.45, 7) is 2.77. The van der Waals surface area contributed by atoms with Crippen LogP contribution in [0, 0.1) is 11.3 Å². The van der Waals surface area contributed by atoms with Crippen molar-refractivity contribution >= 4 is 0 Å². The lowest BCUT2D eigenvalue weighted by molar-refractivity contribution is 0.254. The summed E-state index contributed by atoms with van der Waals surface area (Å²) in [5, 5.41) is 17.7. The molecule has 104 valence electrons. The molecule has 0 saturated heterocycles. The van der Waals surface area contributed by atoms with Crippen molar-refractivity contribution in [2.24, 2.45) is 14.1 Å². The first kappa shape index (κ1) is 12.9. The first-order chi connectivity index (χ1) is 9.67. The molecule has 0 aromatic carbocycles. The van der Waals surface area contributed by atoms with E-state index in [2.05, 4.69) is 27.4 Å². The van der Waals surface area contributed by atoms with Crippen LogP contribution in [0.5, 0.6) is 0 Å². The van der Waals surface area contributed by atoms with Gasteiger partial charge in [-0.1, -0.05) is 0 Å². The molecule has 0 fully saturated rings. The minimum Gasteiger partial charge on any atom is -0.293 e. The Kier molecular flexibility index (Phi) is 3.28. The summed E-state index contributed by atoms with van der Waals surface area (Å²) in [4.78, 5) is 2.39. The maximum atomic E-state index is 9.15. The molecule has 0 spiro atoms. The number of rotatable bonds is 2. The van der Waals surface area contributed by atoms with Gasteiger partial charge in [0.1, 0.15) is 6.07 Å². The molecule has 6 heteroatoms. The number of aromatic nitrogens is 4. The minimum absolute atomic E-state index is 0.589. The Morgan fingerprint density at radius 3 is 2.95 bits per heavy atom. The van der Waals surface area contributed by atoms with Crippen LogP contribution in [0.1, 0.15) is 28.9 Å². The van der Waals surface area contributed by atoms with Gasteiger partial charge in [-0.05, 0) is 19.4 Å². The number of aryl methyl sites for hydroxylation is 2. The van der Waals surface area contributed by atoms with E-state index in [9.17, 15) is 0 Å². The average Bonchev–Trinajstić information content (AvgIpc) is 2.87. The Morgan fingerprint density at radius 2 is 2.25 bits per heavy atom. The van der Waals surface area contributed by atoms with Crippen LogP contribution in [0.4, 0.5) is 0 Å². The molecule has 20 heavy (non-hydrogen) atoms. The van der Waals surface area contributed by atoms with Crippen LogP contribution >= 0.6 is 0 Å². The van der Waals surface area contributed by atoms with Crippen molar-refractivity contribution in [1.29, 1.82) is 5.26 Å². The van der Waals surface area contributed by atoms with E-state index >= 15 is 0 Å². The van der Waals surface area contributed by atoms with Crippen molar-refractivity contribution in [2.45, 2.75) is 25.9 Å². The fraction of sp³-hybridized carbons (Fsp3) is 0.500. The van der Waals surface area contributed by atoms with Gasteiger partial charge in [-0.2, -0.15) is 15.5 Å². The molecule has 3 heterocycles. The zero-order chi connectivity index (χ0) is 14.1. The smallest absolute Gasteiger partial charge is 0.165 e. The lowest BCUT2D eigenvalue weighted by Gasteiger charge is -2.19. The van der Waals surface area contributed by atoms with Gasteiger partial charge in [-0.15, -0.1) is 0 Å². The van der Waals surface area contributed by atoms with Gasteiger partial charge in [0.2, 0.25) is 0 Å².